The molecule has 1 N–H and O–H groups in total. The predicted octanol–water partition coefficient (Wildman–Crippen LogP) is 1.65. The molecule has 0 fully saturated rings. The van der Waals surface area contributed by atoms with Gasteiger partial charge < -0.3 is 0 Å². The molecule has 0 bridgehead atoms. The van der Waals surface area contributed by atoms with Crippen LogP contribution in [0.1, 0.15) is 5.56 Å². The van der Waals surface area contributed by atoms with E-state index in [1.54, 1.807) is 19.1 Å². The summed E-state index contributed by atoms with van der Waals surface area (Å²) in [6, 6.07) is 3.31. The summed E-state index contributed by atoms with van der Waals surface area (Å²) in [7, 11) is -4.18. The first-order valence-corrected chi connectivity index (χ1v) is 5.99. The van der Waals surface area contributed by atoms with Gasteiger partial charge in [-0.05, 0) is 18.6 Å². The maximum Gasteiger partial charge on any atom is 0.296 e. The standard InChI is InChI=1S/C8H6NO3S2/c1-5-2-3-6-7(13-4-9-6)8(5)14(10,11)12/h2-3H,1H3,(H,10,11,12). The van der Waals surface area contributed by atoms with Crippen LogP contribution in [0.2, 0.25) is 0 Å². The van der Waals surface area contributed by atoms with E-state index in [1.165, 1.54) is 0 Å². The van der Waals surface area contributed by atoms with Crippen molar-refractivity contribution in [2.75, 3.05) is 0 Å². The molecule has 0 saturated heterocycles. The molecule has 1 radical (unpaired) electrons. The molecule has 0 aliphatic carbocycles. The van der Waals surface area contributed by atoms with E-state index in [-0.39, 0.29) is 4.90 Å². The smallest absolute Gasteiger partial charge is 0.282 e. The van der Waals surface area contributed by atoms with Crippen molar-refractivity contribution < 1.29 is 13.0 Å². The Kier molecular flexibility index (Phi) is 2.06. The zero-order valence-electron chi connectivity index (χ0n) is 7.18. The van der Waals surface area contributed by atoms with Crippen molar-refractivity contribution in [3.05, 3.63) is 23.2 Å². The maximum atomic E-state index is 11.1. The molecule has 2 rings (SSSR count). The van der Waals surface area contributed by atoms with Gasteiger partial charge in [0.2, 0.25) is 0 Å². The normalized spacial score (nSPS) is 12.1. The minimum atomic E-state index is -4.18. The van der Waals surface area contributed by atoms with Gasteiger partial charge >= 0.3 is 0 Å². The fourth-order valence-electron chi connectivity index (χ4n) is 1.28. The molecule has 0 saturated carbocycles. The lowest BCUT2D eigenvalue weighted by atomic mass is 10.2. The Morgan fingerprint density at radius 1 is 1.50 bits per heavy atom. The van der Waals surface area contributed by atoms with Crippen LogP contribution in [0.25, 0.3) is 10.2 Å². The molecule has 0 amide bonds. The number of thiazole rings is 1. The number of aryl methyl sites for hydroxylation is 1. The molecule has 1 aromatic heterocycles. The van der Waals surface area contributed by atoms with Gasteiger partial charge in [0.25, 0.3) is 10.1 Å². The van der Waals surface area contributed by atoms with Gasteiger partial charge in [0, 0.05) is 0 Å². The van der Waals surface area contributed by atoms with Crippen molar-refractivity contribution in [1.82, 2.24) is 4.98 Å². The topological polar surface area (TPSA) is 67.3 Å². The molecule has 0 spiro atoms. The number of nitrogens with zero attached hydrogens (tertiary/aromatic N) is 1. The fraction of sp³-hybridized carbons (Fsp3) is 0.125. The molecule has 0 aliphatic heterocycles. The molecule has 0 aliphatic rings. The Bertz CT molecular complexity index is 586. The Morgan fingerprint density at radius 2 is 2.21 bits per heavy atom. The highest BCUT2D eigenvalue weighted by molar-refractivity contribution is 7.86. The van der Waals surface area contributed by atoms with E-state index in [1.807, 2.05) is 0 Å². The molecule has 6 heteroatoms. The molecule has 1 aromatic carbocycles. The summed E-state index contributed by atoms with van der Waals surface area (Å²) in [6.45, 7) is 1.63. The largest absolute Gasteiger partial charge is 0.296 e. The first-order chi connectivity index (χ1) is 6.50. The third-order valence-corrected chi connectivity index (χ3v) is 3.83. The molecule has 73 valence electrons. The average Bonchev–Trinajstić information content (AvgIpc) is 2.48. The third-order valence-electron chi connectivity index (χ3n) is 1.86. The molecule has 4 nitrogen and oxygen atoms in total. The predicted molar refractivity (Wildman–Crippen MR) is 53.0 cm³/mol. The third kappa shape index (κ3) is 1.41. The molecular formula is C8H6NO3S2. The van der Waals surface area contributed by atoms with Gasteiger partial charge in [0.05, 0.1) is 10.2 Å². The minimum absolute atomic E-state index is 0.0613. The van der Waals surface area contributed by atoms with E-state index < -0.39 is 10.1 Å². The average molecular weight is 228 g/mol. The van der Waals surface area contributed by atoms with Crippen LogP contribution in [0.4, 0.5) is 0 Å². The molecular weight excluding hydrogens is 222 g/mol. The van der Waals surface area contributed by atoms with Crippen LogP contribution in [0.15, 0.2) is 17.0 Å². The van der Waals surface area contributed by atoms with E-state index in [0.29, 0.717) is 15.8 Å². The lowest BCUT2D eigenvalue weighted by molar-refractivity contribution is 0.484. The lowest BCUT2D eigenvalue weighted by Crippen LogP contribution is -2.00. The maximum absolute atomic E-state index is 11.1. The van der Waals surface area contributed by atoms with Crippen LogP contribution in [-0.4, -0.2) is 18.0 Å². The van der Waals surface area contributed by atoms with Crippen molar-refractivity contribution in [3.8, 4) is 0 Å². The van der Waals surface area contributed by atoms with E-state index in [9.17, 15) is 8.42 Å². The summed E-state index contributed by atoms with van der Waals surface area (Å²) in [5.41, 5.74) is 3.64. The second-order valence-electron chi connectivity index (χ2n) is 2.84. The Morgan fingerprint density at radius 3 is 2.86 bits per heavy atom. The summed E-state index contributed by atoms with van der Waals surface area (Å²) < 4.78 is 31.6. The molecule has 0 unspecified atom stereocenters. The van der Waals surface area contributed by atoms with E-state index >= 15 is 0 Å². The number of fused-ring (bicyclic) bond motifs is 1. The van der Waals surface area contributed by atoms with Crippen molar-refractivity contribution >= 4 is 31.7 Å². The first-order valence-electron chi connectivity index (χ1n) is 3.74. The van der Waals surface area contributed by atoms with Crippen LogP contribution < -0.4 is 0 Å². The highest BCUT2D eigenvalue weighted by atomic mass is 32.2. The van der Waals surface area contributed by atoms with Crippen LogP contribution >= 0.6 is 11.3 Å². The van der Waals surface area contributed by atoms with Crippen LogP contribution in [0.3, 0.4) is 0 Å². The van der Waals surface area contributed by atoms with Crippen molar-refractivity contribution in [1.29, 1.82) is 0 Å². The highest BCUT2D eigenvalue weighted by Gasteiger charge is 2.18. The zero-order chi connectivity index (χ0) is 10.3. The van der Waals surface area contributed by atoms with Gasteiger partial charge in [-0.1, -0.05) is 6.07 Å². The Balaban J connectivity index is 2.98. The summed E-state index contributed by atoms with van der Waals surface area (Å²) in [4.78, 5) is 3.79. The quantitative estimate of drug-likeness (QED) is 0.754. The lowest BCUT2D eigenvalue weighted by Gasteiger charge is -2.02. The van der Waals surface area contributed by atoms with Crippen molar-refractivity contribution in [2.24, 2.45) is 0 Å². The molecule has 1 heterocycles. The first kappa shape index (κ1) is 9.57. The molecule has 0 atom stereocenters. The second kappa shape index (κ2) is 3.01. The number of benzene rings is 1. The summed E-state index contributed by atoms with van der Waals surface area (Å²) in [5.74, 6) is 0. The van der Waals surface area contributed by atoms with Crippen molar-refractivity contribution in [3.63, 3.8) is 0 Å². The SMILES string of the molecule is Cc1ccc2n[c]sc2c1S(=O)(=O)O. The van der Waals surface area contributed by atoms with E-state index in [0.717, 1.165) is 11.3 Å². The summed E-state index contributed by atoms with van der Waals surface area (Å²) >= 11 is 1.08. The van der Waals surface area contributed by atoms with Crippen LogP contribution in [0, 0.1) is 12.4 Å². The summed E-state index contributed by atoms with van der Waals surface area (Å²) in [5, 5.41) is 0. The van der Waals surface area contributed by atoms with Gasteiger partial charge in [-0.2, -0.15) is 8.42 Å². The van der Waals surface area contributed by atoms with Gasteiger partial charge in [0.15, 0.2) is 5.51 Å². The Labute approximate surface area is 85.0 Å². The zero-order valence-corrected chi connectivity index (χ0v) is 8.82. The molecule has 2 aromatic rings. The summed E-state index contributed by atoms with van der Waals surface area (Å²) in [6.07, 6.45) is 0. The van der Waals surface area contributed by atoms with Crippen molar-refractivity contribution in [2.45, 2.75) is 11.8 Å². The van der Waals surface area contributed by atoms with Crippen LogP contribution in [-0.2, 0) is 10.1 Å². The fourth-order valence-corrected chi connectivity index (χ4v) is 3.24. The number of aromatic nitrogens is 1. The Hall–Kier alpha value is -0.980. The molecule has 14 heavy (non-hydrogen) atoms. The van der Waals surface area contributed by atoms with Gasteiger partial charge in [-0.3, -0.25) is 4.55 Å². The van der Waals surface area contributed by atoms with Gasteiger partial charge in [0.1, 0.15) is 4.90 Å². The van der Waals surface area contributed by atoms with Gasteiger partial charge in [-0.15, -0.1) is 11.3 Å². The second-order valence-corrected chi connectivity index (χ2v) is 4.99. The number of hydrogen-bond acceptors (Lipinski definition) is 4. The van der Waals surface area contributed by atoms with Gasteiger partial charge in [-0.25, -0.2) is 4.98 Å². The van der Waals surface area contributed by atoms with E-state index in [4.69, 9.17) is 4.55 Å². The number of hydrogen-bond donors (Lipinski definition) is 1. The monoisotopic (exact) mass is 228 g/mol. The minimum Gasteiger partial charge on any atom is -0.282 e. The van der Waals surface area contributed by atoms with Crippen LogP contribution in [0.5, 0.6) is 0 Å². The highest BCUT2D eigenvalue weighted by Crippen LogP contribution is 2.28. The van der Waals surface area contributed by atoms with E-state index in [2.05, 4.69) is 10.5 Å². The number of rotatable bonds is 1.